The van der Waals surface area contributed by atoms with Gasteiger partial charge in [0.2, 0.25) is 0 Å². The van der Waals surface area contributed by atoms with Crippen LogP contribution in [0.2, 0.25) is 0 Å². The zero-order valence-corrected chi connectivity index (χ0v) is 13.0. The van der Waals surface area contributed by atoms with Gasteiger partial charge in [-0.15, -0.1) is 11.3 Å². The monoisotopic (exact) mass is 291 g/mol. The molecule has 2 aromatic heterocycles. The normalized spacial score (nSPS) is 19.4. The molecule has 0 bridgehead atoms. The molecule has 3 heterocycles. The van der Waals surface area contributed by atoms with Crippen LogP contribution in [-0.2, 0) is 6.54 Å². The Labute approximate surface area is 123 Å². The standard InChI is InChI=1S/C14H21N5S/c1-9(14-10(2)18-11(3)20-14)15-6-12-7-16-13-4-5-17-19(13)8-12/h4-5,9,12,15-16H,6-8H2,1-3H3/t9-,12+/m1/s1. The minimum absolute atomic E-state index is 0.361. The highest BCUT2D eigenvalue weighted by atomic mass is 32.1. The van der Waals surface area contributed by atoms with Crippen molar-refractivity contribution in [3.05, 3.63) is 27.8 Å². The molecule has 0 aromatic carbocycles. The molecular weight excluding hydrogens is 270 g/mol. The summed E-state index contributed by atoms with van der Waals surface area (Å²) < 4.78 is 2.04. The van der Waals surface area contributed by atoms with Crippen molar-refractivity contribution in [2.45, 2.75) is 33.4 Å². The van der Waals surface area contributed by atoms with Gasteiger partial charge in [-0.1, -0.05) is 0 Å². The van der Waals surface area contributed by atoms with Crippen molar-refractivity contribution in [3.63, 3.8) is 0 Å². The third-order valence-electron chi connectivity index (χ3n) is 3.76. The molecule has 2 atom stereocenters. The summed E-state index contributed by atoms with van der Waals surface area (Å²) in [6.45, 7) is 9.36. The molecule has 1 aliphatic rings. The predicted octanol–water partition coefficient (Wildman–Crippen LogP) is 2.35. The van der Waals surface area contributed by atoms with Crippen LogP contribution < -0.4 is 10.6 Å². The minimum atomic E-state index is 0.361. The second-order valence-corrected chi connectivity index (χ2v) is 6.69. The molecule has 2 N–H and O–H groups in total. The van der Waals surface area contributed by atoms with E-state index in [2.05, 4.69) is 41.5 Å². The minimum Gasteiger partial charge on any atom is -0.370 e. The Morgan fingerprint density at radius 3 is 3.15 bits per heavy atom. The lowest BCUT2D eigenvalue weighted by Crippen LogP contribution is -2.36. The molecule has 0 fully saturated rings. The topological polar surface area (TPSA) is 54.8 Å². The average Bonchev–Trinajstić information content (AvgIpc) is 3.01. The second-order valence-electron chi connectivity index (χ2n) is 5.46. The number of fused-ring (bicyclic) bond motifs is 1. The Balaban J connectivity index is 1.56. The van der Waals surface area contributed by atoms with E-state index in [1.165, 1.54) is 4.88 Å². The summed E-state index contributed by atoms with van der Waals surface area (Å²) in [6.07, 6.45) is 1.85. The van der Waals surface area contributed by atoms with Gasteiger partial charge in [0.25, 0.3) is 0 Å². The fourth-order valence-corrected chi connectivity index (χ4v) is 3.66. The first-order valence-electron chi connectivity index (χ1n) is 7.06. The molecule has 0 saturated heterocycles. The Bertz CT molecular complexity index is 588. The number of rotatable bonds is 4. The van der Waals surface area contributed by atoms with Gasteiger partial charge in [-0.3, -0.25) is 0 Å². The summed E-state index contributed by atoms with van der Waals surface area (Å²) in [5, 5.41) is 12.5. The van der Waals surface area contributed by atoms with Crippen molar-refractivity contribution in [3.8, 4) is 0 Å². The molecule has 0 saturated carbocycles. The van der Waals surface area contributed by atoms with Gasteiger partial charge in [0.15, 0.2) is 0 Å². The highest BCUT2D eigenvalue weighted by Crippen LogP contribution is 2.25. The van der Waals surface area contributed by atoms with Gasteiger partial charge in [0.1, 0.15) is 5.82 Å². The maximum atomic E-state index is 4.50. The smallest absolute Gasteiger partial charge is 0.124 e. The highest BCUT2D eigenvalue weighted by molar-refractivity contribution is 7.11. The zero-order chi connectivity index (χ0) is 14.1. The van der Waals surface area contributed by atoms with Gasteiger partial charge in [-0.25, -0.2) is 9.67 Å². The molecule has 0 unspecified atom stereocenters. The Kier molecular flexibility index (Phi) is 3.76. The van der Waals surface area contributed by atoms with Crippen LogP contribution in [0.4, 0.5) is 5.82 Å². The molecule has 6 heteroatoms. The predicted molar refractivity (Wildman–Crippen MR) is 82.2 cm³/mol. The number of anilines is 1. The summed E-state index contributed by atoms with van der Waals surface area (Å²) >= 11 is 1.79. The van der Waals surface area contributed by atoms with E-state index in [4.69, 9.17) is 0 Å². The Morgan fingerprint density at radius 2 is 2.40 bits per heavy atom. The van der Waals surface area contributed by atoms with Crippen LogP contribution >= 0.6 is 11.3 Å². The molecule has 0 spiro atoms. The first kappa shape index (κ1) is 13.6. The zero-order valence-electron chi connectivity index (χ0n) is 12.2. The van der Waals surface area contributed by atoms with Crippen LogP contribution in [0.15, 0.2) is 12.3 Å². The number of hydrogen-bond donors (Lipinski definition) is 2. The Morgan fingerprint density at radius 1 is 1.55 bits per heavy atom. The van der Waals surface area contributed by atoms with Crippen molar-refractivity contribution in [1.29, 1.82) is 0 Å². The number of hydrogen-bond acceptors (Lipinski definition) is 5. The summed E-state index contributed by atoms with van der Waals surface area (Å²) in [5.74, 6) is 1.70. The van der Waals surface area contributed by atoms with E-state index in [1.54, 1.807) is 11.3 Å². The highest BCUT2D eigenvalue weighted by Gasteiger charge is 2.20. The molecule has 108 valence electrons. The molecule has 0 aliphatic carbocycles. The van der Waals surface area contributed by atoms with Gasteiger partial charge < -0.3 is 10.6 Å². The van der Waals surface area contributed by atoms with Crippen molar-refractivity contribution in [2.24, 2.45) is 5.92 Å². The summed E-state index contributed by atoms with van der Waals surface area (Å²) in [6, 6.07) is 2.38. The molecule has 20 heavy (non-hydrogen) atoms. The lowest BCUT2D eigenvalue weighted by atomic mass is 10.1. The van der Waals surface area contributed by atoms with Gasteiger partial charge >= 0.3 is 0 Å². The fraction of sp³-hybridized carbons (Fsp3) is 0.571. The Hall–Kier alpha value is -1.40. The molecule has 1 aliphatic heterocycles. The molecule has 2 aromatic rings. The first-order valence-corrected chi connectivity index (χ1v) is 7.88. The maximum absolute atomic E-state index is 4.50. The quantitative estimate of drug-likeness (QED) is 0.908. The van der Waals surface area contributed by atoms with E-state index in [-0.39, 0.29) is 0 Å². The van der Waals surface area contributed by atoms with Crippen LogP contribution in [0, 0.1) is 19.8 Å². The van der Waals surface area contributed by atoms with Gasteiger partial charge in [0.05, 0.1) is 16.9 Å². The van der Waals surface area contributed by atoms with E-state index >= 15 is 0 Å². The second kappa shape index (κ2) is 5.54. The summed E-state index contributed by atoms with van der Waals surface area (Å²) in [7, 11) is 0. The van der Waals surface area contributed by atoms with Crippen LogP contribution in [0.1, 0.15) is 28.5 Å². The van der Waals surface area contributed by atoms with Crippen molar-refractivity contribution < 1.29 is 0 Å². The largest absolute Gasteiger partial charge is 0.370 e. The van der Waals surface area contributed by atoms with E-state index in [1.807, 2.05) is 16.9 Å². The van der Waals surface area contributed by atoms with E-state index < -0.39 is 0 Å². The molecule has 5 nitrogen and oxygen atoms in total. The van der Waals surface area contributed by atoms with E-state index in [0.717, 1.165) is 36.2 Å². The van der Waals surface area contributed by atoms with E-state index in [9.17, 15) is 0 Å². The summed E-state index contributed by atoms with van der Waals surface area (Å²) in [4.78, 5) is 5.85. The van der Waals surface area contributed by atoms with Crippen molar-refractivity contribution in [1.82, 2.24) is 20.1 Å². The SMILES string of the molecule is Cc1nc(C)c([C@@H](C)NC[C@H]2CNc3ccnn3C2)s1. The van der Waals surface area contributed by atoms with Crippen molar-refractivity contribution >= 4 is 17.2 Å². The van der Waals surface area contributed by atoms with Crippen molar-refractivity contribution in [2.75, 3.05) is 18.4 Å². The van der Waals surface area contributed by atoms with Crippen LogP contribution in [0.3, 0.4) is 0 Å². The first-order chi connectivity index (χ1) is 9.63. The lowest BCUT2D eigenvalue weighted by molar-refractivity contribution is 0.377. The number of aromatic nitrogens is 3. The van der Waals surface area contributed by atoms with Crippen LogP contribution in [-0.4, -0.2) is 27.9 Å². The van der Waals surface area contributed by atoms with Crippen LogP contribution in [0.25, 0.3) is 0 Å². The van der Waals surface area contributed by atoms with Crippen LogP contribution in [0.5, 0.6) is 0 Å². The van der Waals surface area contributed by atoms with Gasteiger partial charge in [-0.2, -0.15) is 5.10 Å². The number of thiazole rings is 1. The molecule has 0 radical (unpaired) electrons. The number of aryl methyl sites for hydroxylation is 2. The molecular formula is C14H21N5S. The summed E-state index contributed by atoms with van der Waals surface area (Å²) in [5.41, 5.74) is 1.16. The maximum Gasteiger partial charge on any atom is 0.124 e. The van der Waals surface area contributed by atoms with Gasteiger partial charge in [0, 0.05) is 42.5 Å². The van der Waals surface area contributed by atoms with Gasteiger partial charge in [-0.05, 0) is 20.8 Å². The molecule has 3 rings (SSSR count). The third-order valence-corrected chi connectivity index (χ3v) is 5.02. The number of nitrogens with one attached hydrogen (secondary N) is 2. The van der Waals surface area contributed by atoms with E-state index in [0.29, 0.717) is 12.0 Å². The average molecular weight is 291 g/mol. The third kappa shape index (κ3) is 2.71. The lowest BCUT2D eigenvalue weighted by Gasteiger charge is -2.26. The fourth-order valence-electron chi connectivity index (χ4n) is 2.71. The molecule has 0 amide bonds. The number of nitrogens with zero attached hydrogens (tertiary/aromatic N) is 3.